The van der Waals surface area contributed by atoms with E-state index in [1.807, 2.05) is 6.07 Å². The number of benzene rings is 1. The van der Waals surface area contributed by atoms with Gasteiger partial charge in [-0.1, -0.05) is 17.3 Å². The van der Waals surface area contributed by atoms with Crippen molar-refractivity contribution in [1.29, 1.82) is 5.26 Å². The van der Waals surface area contributed by atoms with Gasteiger partial charge in [-0.15, -0.1) is 0 Å². The zero-order valence-corrected chi connectivity index (χ0v) is 13.1. The van der Waals surface area contributed by atoms with Gasteiger partial charge in [0.25, 0.3) is 0 Å². The second-order valence-corrected chi connectivity index (χ2v) is 5.51. The number of hydrogen-bond donors (Lipinski definition) is 1. The van der Waals surface area contributed by atoms with Crippen molar-refractivity contribution in [1.82, 2.24) is 9.97 Å². The van der Waals surface area contributed by atoms with E-state index < -0.39 is 0 Å². The van der Waals surface area contributed by atoms with Gasteiger partial charge >= 0.3 is 0 Å². The van der Waals surface area contributed by atoms with E-state index in [0.29, 0.717) is 12.4 Å². The molecule has 3 rings (SSSR count). The Labute approximate surface area is 134 Å². The molecular weight excluding hydrogens is 290 g/mol. The summed E-state index contributed by atoms with van der Waals surface area (Å²) in [5, 5.41) is 16.3. The zero-order chi connectivity index (χ0) is 16.2. The summed E-state index contributed by atoms with van der Waals surface area (Å²) in [6, 6.07) is 8.30. The molecule has 1 N–H and O–H groups in total. The minimum Gasteiger partial charge on any atom is -0.390 e. The van der Waals surface area contributed by atoms with Gasteiger partial charge in [-0.25, -0.2) is 9.97 Å². The lowest BCUT2D eigenvalue weighted by molar-refractivity contribution is 0.0948. The van der Waals surface area contributed by atoms with Gasteiger partial charge in [-0.3, -0.25) is 0 Å². The van der Waals surface area contributed by atoms with Crippen LogP contribution >= 0.6 is 0 Å². The zero-order valence-electron chi connectivity index (χ0n) is 13.1. The fourth-order valence-electron chi connectivity index (χ4n) is 2.39. The van der Waals surface area contributed by atoms with Crippen molar-refractivity contribution in [2.45, 2.75) is 26.4 Å². The molecule has 0 spiro atoms. The molecule has 6 nitrogen and oxygen atoms in total. The van der Waals surface area contributed by atoms with Crippen molar-refractivity contribution in [3.05, 3.63) is 53.0 Å². The van der Waals surface area contributed by atoms with E-state index in [2.05, 4.69) is 52.5 Å². The monoisotopic (exact) mass is 307 g/mol. The van der Waals surface area contributed by atoms with E-state index in [-0.39, 0.29) is 11.8 Å². The number of oxime groups is 1. The predicted molar refractivity (Wildman–Crippen MR) is 87.2 cm³/mol. The van der Waals surface area contributed by atoms with Gasteiger partial charge < -0.3 is 10.2 Å². The number of anilines is 1. The van der Waals surface area contributed by atoms with Crippen LogP contribution in [0.15, 0.2) is 35.7 Å². The maximum atomic E-state index is 9.00. The first-order chi connectivity index (χ1) is 11.2. The second kappa shape index (κ2) is 6.44. The molecule has 0 aliphatic carbocycles. The first-order valence-electron chi connectivity index (χ1n) is 7.42. The number of aromatic nitrogens is 2. The summed E-state index contributed by atoms with van der Waals surface area (Å²) < 4.78 is 0. The first-order valence-corrected chi connectivity index (χ1v) is 7.42. The highest BCUT2D eigenvalue weighted by molar-refractivity contribution is 6.01. The average molecular weight is 307 g/mol. The van der Waals surface area contributed by atoms with Crippen LogP contribution in [0, 0.1) is 25.2 Å². The van der Waals surface area contributed by atoms with Crippen LogP contribution < -0.4 is 5.32 Å². The third-order valence-corrected chi connectivity index (χ3v) is 3.87. The Morgan fingerprint density at radius 2 is 2.09 bits per heavy atom. The minimum atomic E-state index is -0.0832. The Kier molecular flexibility index (Phi) is 4.20. The van der Waals surface area contributed by atoms with E-state index in [0.717, 1.165) is 17.7 Å². The van der Waals surface area contributed by atoms with E-state index in [1.54, 1.807) is 6.20 Å². The van der Waals surface area contributed by atoms with Crippen molar-refractivity contribution in [3.63, 3.8) is 0 Å². The van der Waals surface area contributed by atoms with Gasteiger partial charge in [-0.2, -0.15) is 5.26 Å². The maximum absolute atomic E-state index is 9.00. The van der Waals surface area contributed by atoms with Crippen LogP contribution in [0.5, 0.6) is 0 Å². The van der Waals surface area contributed by atoms with E-state index >= 15 is 0 Å². The van der Waals surface area contributed by atoms with Gasteiger partial charge in [0.1, 0.15) is 12.2 Å². The smallest absolute Gasteiger partial charge is 0.182 e. The van der Waals surface area contributed by atoms with Gasteiger partial charge in [0, 0.05) is 18.8 Å². The van der Waals surface area contributed by atoms with Crippen molar-refractivity contribution in [2.24, 2.45) is 5.16 Å². The lowest BCUT2D eigenvalue weighted by Crippen LogP contribution is -2.21. The lowest BCUT2D eigenvalue weighted by atomic mass is 10.0. The Hall–Kier alpha value is -2.94. The van der Waals surface area contributed by atoms with Crippen LogP contribution in [0.25, 0.3) is 0 Å². The highest BCUT2D eigenvalue weighted by Gasteiger charge is 2.22. The van der Waals surface area contributed by atoms with Crippen LogP contribution in [-0.2, 0) is 4.84 Å². The quantitative estimate of drug-likeness (QED) is 0.938. The molecule has 0 amide bonds. The molecule has 6 heteroatoms. The maximum Gasteiger partial charge on any atom is 0.182 e. The second-order valence-electron chi connectivity index (χ2n) is 5.51. The molecule has 1 aromatic heterocycles. The van der Waals surface area contributed by atoms with E-state index in [9.17, 15) is 0 Å². The molecule has 23 heavy (non-hydrogen) atoms. The largest absolute Gasteiger partial charge is 0.390 e. The van der Waals surface area contributed by atoms with E-state index in [1.165, 1.54) is 17.3 Å². The molecular formula is C17H17N5O. The van der Waals surface area contributed by atoms with Crippen molar-refractivity contribution < 1.29 is 4.84 Å². The summed E-state index contributed by atoms with van der Waals surface area (Å²) in [7, 11) is 0. The number of hydrogen-bond acceptors (Lipinski definition) is 6. The standard InChI is InChI=1S/C17H17N5O/c1-11-3-4-13(7-12(11)2)15-8-14(23-22-15)10-21-17-16(9-18)19-5-6-20-17/h3-7,14H,8,10H2,1-2H3,(H,20,21)/t14-/m0/s1. The molecule has 1 atom stereocenters. The SMILES string of the molecule is Cc1ccc(C2=NO[C@H](CNc3nccnc3C#N)C2)cc1C. The lowest BCUT2D eigenvalue weighted by Gasteiger charge is -2.10. The Bertz CT molecular complexity index is 794. The van der Waals surface area contributed by atoms with Crippen LogP contribution in [0.3, 0.4) is 0 Å². The Morgan fingerprint density at radius 1 is 1.26 bits per heavy atom. The fraction of sp³-hybridized carbons (Fsp3) is 0.294. The van der Waals surface area contributed by atoms with Gasteiger partial charge in [0.05, 0.1) is 12.3 Å². The number of aryl methyl sites for hydroxylation is 2. The average Bonchev–Trinajstić information content (AvgIpc) is 3.04. The summed E-state index contributed by atoms with van der Waals surface area (Å²) in [6.07, 6.45) is 3.68. The molecule has 1 aromatic carbocycles. The van der Waals surface area contributed by atoms with E-state index in [4.69, 9.17) is 10.1 Å². The third-order valence-electron chi connectivity index (χ3n) is 3.87. The van der Waals surface area contributed by atoms with Crippen LogP contribution in [0.4, 0.5) is 5.82 Å². The van der Waals surface area contributed by atoms with Crippen LogP contribution in [0.1, 0.15) is 28.8 Å². The van der Waals surface area contributed by atoms with Gasteiger partial charge in [-0.05, 0) is 36.6 Å². The molecule has 0 unspecified atom stereocenters. The minimum absolute atomic E-state index is 0.0832. The van der Waals surface area contributed by atoms with Crippen LogP contribution in [-0.4, -0.2) is 28.3 Å². The van der Waals surface area contributed by atoms with Gasteiger partial charge in [0.15, 0.2) is 11.5 Å². The first kappa shape index (κ1) is 15.0. The molecule has 1 aliphatic heterocycles. The number of nitrogens with one attached hydrogen (secondary N) is 1. The molecule has 0 radical (unpaired) electrons. The third kappa shape index (κ3) is 3.29. The van der Waals surface area contributed by atoms with Gasteiger partial charge in [0.2, 0.25) is 0 Å². The van der Waals surface area contributed by atoms with Crippen LogP contribution in [0.2, 0.25) is 0 Å². The summed E-state index contributed by atoms with van der Waals surface area (Å²) in [6.45, 7) is 4.70. The summed E-state index contributed by atoms with van der Waals surface area (Å²) in [4.78, 5) is 13.6. The topological polar surface area (TPSA) is 83.2 Å². The molecule has 2 heterocycles. The van der Waals surface area contributed by atoms with Crippen molar-refractivity contribution in [3.8, 4) is 6.07 Å². The highest BCUT2D eigenvalue weighted by atomic mass is 16.6. The Morgan fingerprint density at radius 3 is 2.87 bits per heavy atom. The fourth-order valence-corrected chi connectivity index (χ4v) is 2.39. The molecule has 0 bridgehead atoms. The van der Waals surface area contributed by atoms with Crippen molar-refractivity contribution in [2.75, 3.05) is 11.9 Å². The van der Waals surface area contributed by atoms with Crippen molar-refractivity contribution >= 4 is 11.5 Å². The molecule has 116 valence electrons. The summed E-state index contributed by atoms with van der Waals surface area (Å²) in [5.74, 6) is 0.471. The molecule has 2 aromatic rings. The molecule has 0 fully saturated rings. The molecule has 0 saturated carbocycles. The summed E-state index contributed by atoms with van der Waals surface area (Å²) >= 11 is 0. The molecule has 0 saturated heterocycles. The number of nitriles is 1. The predicted octanol–water partition coefficient (Wildman–Crippen LogP) is 2.57. The molecule has 1 aliphatic rings. The normalized spacial score (nSPS) is 16.4. The Balaban J connectivity index is 1.61. The highest BCUT2D eigenvalue weighted by Crippen LogP contribution is 2.19. The number of nitrogens with zero attached hydrogens (tertiary/aromatic N) is 4. The number of rotatable bonds is 4. The summed E-state index contributed by atoms with van der Waals surface area (Å²) in [5.41, 5.74) is 4.82.